The number of benzene rings is 1. The summed E-state index contributed by atoms with van der Waals surface area (Å²) >= 11 is 6.50. The van der Waals surface area contributed by atoms with Gasteiger partial charge in [0.05, 0.1) is 6.61 Å². The fourth-order valence-electron chi connectivity index (χ4n) is 1.61. The van der Waals surface area contributed by atoms with Crippen molar-refractivity contribution in [3.05, 3.63) is 29.3 Å². The predicted octanol–water partition coefficient (Wildman–Crippen LogP) is 3.66. The first-order chi connectivity index (χ1) is 8.85. The highest BCUT2D eigenvalue weighted by molar-refractivity contribution is 8.67. The molecule has 2 N–H and O–H groups in total. The van der Waals surface area contributed by atoms with E-state index in [0.29, 0.717) is 19.1 Å². The number of nitrogens with one attached hydrogen (secondary N) is 1. The Morgan fingerprint density at radius 1 is 1.47 bits per heavy atom. The second-order valence-electron chi connectivity index (χ2n) is 4.69. The molecule has 108 valence electrons. The standard InChI is InChI=1S/C13H22NO2PS2/c1-10(2)12-6-5-11(3)9-13(12)19-17(15,18)16-8-7-14-4/h5-6,9-10,14H,7-8H2,1-4H3,(H,15,18). The number of hydrogen-bond donors (Lipinski definition) is 2. The van der Waals surface area contributed by atoms with Crippen LogP contribution in [0, 0.1) is 6.92 Å². The first-order valence-corrected chi connectivity index (χ1v) is 10.4. The molecule has 0 heterocycles. The Morgan fingerprint density at radius 3 is 2.74 bits per heavy atom. The van der Waals surface area contributed by atoms with Crippen molar-refractivity contribution in [1.82, 2.24) is 5.32 Å². The van der Waals surface area contributed by atoms with Crippen LogP contribution in [0.25, 0.3) is 0 Å². The molecule has 19 heavy (non-hydrogen) atoms. The van der Waals surface area contributed by atoms with E-state index < -0.39 is 5.69 Å². The summed E-state index contributed by atoms with van der Waals surface area (Å²) in [6.45, 7) is 7.43. The molecule has 0 fully saturated rings. The summed E-state index contributed by atoms with van der Waals surface area (Å²) in [7, 11) is 1.84. The summed E-state index contributed by atoms with van der Waals surface area (Å²) in [5.74, 6) is 0.399. The van der Waals surface area contributed by atoms with Crippen LogP contribution in [0.2, 0.25) is 0 Å². The van der Waals surface area contributed by atoms with Gasteiger partial charge in [0, 0.05) is 11.4 Å². The average molecular weight is 319 g/mol. The van der Waals surface area contributed by atoms with Gasteiger partial charge >= 0.3 is 0 Å². The van der Waals surface area contributed by atoms with Gasteiger partial charge in [-0.15, -0.1) is 0 Å². The molecule has 1 aromatic carbocycles. The monoisotopic (exact) mass is 319 g/mol. The van der Waals surface area contributed by atoms with Gasteiger partial charge in [-0.1, -0.05) is 26.0 Å². The molecule has 0 aliphatic carbocycles. The highest BCUT2D eigenvalue weighted by Gasteiger charge is 2.19. The molecule has 0 aliphatic rings. The van der Waals surface area contributed by atoms with E-state index in [2.05, 4.69) is 37.4 Å². The second-order valence-corrected chi connectivity index (χ2v) is 10.7. The van der Waals surface area contributed by atoms with Gasteiger partial charge in [-0.05, 0) is 60.3 Å². The van der Waals surface area contributed by atoms with Crippen LogP contribution in [0.5, 0.6) is 0 Å². The molecule has 0 spiro atoms. The van der Waals surface area contributed by atoms with E-state index in [-0.39, 0.29) is 0 Å². The zero-order valence-corrected chi connectivity index (χ0v) is 14.4. The molecule has 1 aromatic rings. The lowest BCUT2D eigenvalue weighted by molar-refractivity contribution is 0.320. The molecule has 6 heteroatoms. The second kappa shape index (κ2) is 7.77. The van der Waals surface area contributed by atoms with Gasteiger partial charge in [-0.3, -0.25) is 0 Å². The topological polar surface area (TPSA) is 41.5 Å². The first-order valence-electron chi connectivity index (χ1n) is 6.28. The summed E-state index contributed by atoms with van der Waals surface area (Å²) in [6, 6.07) is 6.26. The highest BCUT2D eigenvalue weighted by atomic mass is 32.9. The van der Waals surface area contributed by atoms with E-state index in [4.69, 9.17) is 16.3 Å². The number of likely N-dealkylation sites (N-methyl/N-ethyl adjacent to an activating group) is 1. The van der Waals surface area contributed by atoms with Gasteiger partial charge in [0.25, 0.3) is 0 Å². The molecule has 1 rings (SSSR count). The molecule has 0 saturated carbocycles. The summed E-state index contributed by atoms with van der Waals surface area (Å²) in [4.78, 5) is 11.3. The lowest BCUT2D eigenvalue weighted by atomic mass is 10.0. The minimum atomic E-state index is -2.82. The van der Waals surface area contributed by atoms with Gasteiger partial charge in [0.1, 0.15) is 0 Å². The molecule has 0 aliphatic heterocycles. The third kappa shape index (κ3) is 5.94. The van der Waals surface area contributed by atoms with Crippen molar-refractivity contribution in [3.63, 3.8) is 0 Å². The average Bonchev–Trinajstić information content (AvgIpc) is 2.28. The van der Waals surface area contributed by atoms with Crippen molar-refractivity contribution < 1.29 is 9.42 Å². The quantitative estimate of drug-likeness (QED) is 0.593. The maximum Gasteiger partial charge on any atom is 0.249 e. The smallest absolute Gasteiger partial charge is 0.249 e. The third-order valence-electron chi connectivity index (χ3n) is 2.61. The summed E-state index contributed by atoms with van der Waals surface area (Å²) < 4.78 is 5.43. The number of rotatable bonds is 7. The van der Waals surface area contributed by atoms with Crippen LogP contribution < -0.4 is 5.32 Å². The lowest BCUT2D eigenvalue weighted by Crippen LogP contribution is -2.12. The largest absolute Gasteiger partial charge is 0.337 e. The van der Waals surface area contributed by atoms with E-state index in [0.717, 1.165) is 10.5 Å². The van der Waals surface area contributed by atoms with Gasteiger partial charge in [-0.25, -0.2) is 0 Å². The SMILES string of the molecule is CNCCOP(O)(=S)Sc1cc(C)ccc1C(C)C. The Labute approximate surface area is 125 Å². The molecular weight excluding hydrogens is 297 g/mol. The zero-order valence-electron chi connectivity index (χ0n) is 11.8. The normalized spacial score (nSPS) is 14.6. The van der Waals surface area contributed by atoms with Crippen LogP contribution in [0.4, 0.5) is 0 Å². The van der Waals surface area contributed by atoms with Crippen LogP contribution in [0.15, 0.2) is 23.1 Å². The van der Waals surface area contributed by atoms with E-state index in [1.165, 1.54) is 16.9 Å². The van der Waals surface area contributed by atoms with Gasteiger partial charge in [0.15, 0.2) is 0 Å². The van der Waals surface area contributed by atoms with Crippen LogP contribution in [0.3, 0.4) is 0 Å². The molecule has 0 bridgehead atoms. The molecule has 1 atom stereocenters. The van der Waals surface area contributed by atoms with Crippen molar-refractivity contribution in [2.75, 3.05) is 20.2 Å². The van der Waals surface area contributed by atoms with Crippen LogP contribution in [-0.2, 0) is 16.3 Å². The van der Waals surface area contributed by atoms with Crippen molar-refractivity contribution >= 4 is 28.9 Å². The van der Waals surface area contributed by atoms with Crippen molar-refractivity contribution in [2.24, 2.45) is 0 Å². The van der Waals surface area contributed by atoms with E-state index in [9.17, 15) is 4.89 Å². The molecule has 0 aromatic heterocycles. The third-order valence-corrected chi connectivity index (χ3v) is 6.49. The lowest BCUT2D eigenvalue weighted by Gasteiger charge is -2.18. The molecule has 1 unspecified atom stereocenters. The van der Waals surface area contributed by atoms with Crippen LogP contribution in [0.1, 0.15) is 30.9 Å². The fraction of sp³-hybridized carbons (Fsp3) is 0.538. The molecule has 0 amide bonds. The van der Waals surface area contributed by atoms with Crippen molar-refractivity contribution in [3.8, 4) is 0 Å². The maximum absolute atomic E-state index is 10.2. The minimum Gasteiger partial charge on any atom is -0.337 e. The Kier molecular flexibility index (Phi) is 7.01. The summed E-state index contributed by atoms with van der Waals surface area (Å²) in [6.07, 6.45) is 0. The number of hydrogen-bond acceptors (Lipinski definition) is 4. The van der Waals surface area contributed by atoms with Crippen molar-refractivity contribution in [2.45, 2.75) is 31.6 Å². The molecule has 3 nitrogen and oxygen atoms in total. The Hall–Kier alpha value is 0.100. The maximum atomic E-state index is 10.2. The van der Waals surface area contributed by atoms with Crippen molar-refractivity contribution in [1.29, 1.82) is 0 Å². The van der Waals surface area contributed by atoms with E-state index >= 15 is 0 Å². The van der Waals surface area contributed by atoms with Gasteiger partial charge in [0.2, 0.25) is 5.69 Å². The van der Waals surface area contributed by atoms with Crippen LogP contribution >= 0.6 is 17.1 Å². The Balaban J connectivity index is 2.85. The highest BCUT2D eigenvalue weighted by Crippen LogP contribution is 2.60. The molecule has 0 saturated heterocycles. The minimum absolute atomic E-state index is 0.399. The summed E-state index contributed by atoms with van der Waals surface area (Å²) in [5.41, 5.74) is -0.452. The van der Waals surface area contributed by atoms with Crippen LogP contribution in [-0.4, -0.2) is 25.1 Å². The van der Waals surface area contributed by atoms with E-state index in [1.54, 1.807) is 0 Å². The predicted molar refractivity (Wildman–Crippen MR) is 87.5 cm³/mol. The van der Waals surface area contributed by atoms with E-state index in [1.807, 2.05) is 14.0 Å². The van der Waals surface area contributed by atoms with Gasteiger partial charge < -0.3 is 14.7 Å². The Bertz CT molecular complexity index is 466. The summed E-state index contributed by atoms with van der Waals surface area (Å²) in [5, 5.41) is 2.97. The molecule has 0 radical (unpaired) electrons. The van der Waals surface area contributed by atoms with Gasteiger partial charge in [-0.2, -0.15) is 0 Å². The Morgan fingerprint density at radius 2 is 2.16 bits per heavy atom. The molecular formula is C13H22NO2PS2. The first kappa shape index (κ1) is 17.2. The zero-order chi connectivity index (χ0) is 14.5. The fourth-order valence-corrected chi connectivity index (χ4v) is 5.43. The number of aryl methyl sites for hydroxylation is 1.